The van der Waals surface area contributed by atoms with E-state index in [1.165, 1.54) is 33.9 Å². The molecule has 2 aliphatic rings. The van der Waals surface area contributed by atoms with Gasteiger partial charge in [-0.25, -0.2) is 24.3 Å². The van der Waals surface area contributed by atoms with Gasteiger partial charge in [-0.05, 0) is 41.1 Å². The summed E-state index contributed by atoms with van der Waals surface area (Å²) in [7, 11) is 0. The van der Waals surface area contributed by atoms with E-state index in [9.17, 15) is 23.6 Å². The zero-order chi connectivity index (χ0) is 30.3. The molecular formula is C26H25ClFN11O4. The average Bonchev–Trinajstić information content (AvgIpc) is 3.62. The molecule has 222 valence electrons. The van der Waals surface area contributed by atoms with Gasteiger partial charge in [-0.1, -0.05) is 23.7 Å². The number of amides is 4. The maximum atomic E-state index is 14.1. The van der Waals surface area contributed by atoms with Crippen molar-refractivity contribution in [3.63, 3.8) is 0 Å². The van der Waals surface area contributed by atoms with Crippen molar-refractivity contribution in [2.24, 2.45) is 0 Å². The molecule has 2 saturated heterocycles. The normalized spacial score (nSPS) is 16.1. The first-order valence-corrected chi connectivity index (χ1v) is 13.6. The van der Waals surface area contributed by atoms with Gasteiger partial charge in [-0.3, -0.25) is 23.9 Å². The smallest absolute Gasteiger partial charge is 0.326 e. The topological polar surface area (TPSA) is 175 Å². The molecule has 17 heteroatoms. The van der Waals surface area contributed by atoms with Crippen LogP contribution in [0.25, 0.3) is 11.2 Å². The Labute approximate surface area is 247 Å². The molecule has 43 heavy (non-hydrogen) atoms. The minimum Gasteiger partial charge on any atom is -0.348 e. The van der Waals surface area contributed by atoms with E-state index < -0.39 is 29.6 Å². The summed E-state index contributed by atoms with van der Waals surface area (Å²) in [6.07, 6.45) is 1.32. The number of aromatic nitrogens is 7. The number of hydrogen-bond donors (Lipinski definition) is 2. The van der Waals surface area contributed by atoms with Gasteiger partial charge in [-0.2, -0.15) is 0 Å². The minimum absolute atomic E-state index is 0.0381. The molecule has 0 radical (unpaired) electrons. The Morgan fingerprint density at radius 3 is 2.63 bits per heavy atom. The van der Waals surface area contributed by atoms with Crippen LogP contribution in [0.2, 0.25) is 5.02 Å². The number of hydrogen-bond acceptors (Lipinski definition) is 9. The van der Waals surface area contributed by atoms with Crippen LogP contribution in [0.4, 0.5) is 15.0 Å². The lowest BCUT2D eigenvalue weighted by atomic mass is 9.99. The van der Waals surface area contributed by atoms with Crippen molar-refractivity contribution in [2.45, 2.75) is 32.2 Å². The Kier molecular flexibility index (Phi) is 7.21. The Morgan fingerprint density at radius 2 is 1.93 bits per heavy atom. The maximum absolute atomic E-state index is 14.1. The van der Waals surface area contributed by atoms with Gasteiger partial charge in [0, 0.05) is 24.7 Å². The number of rotatable bonds is 8. The summed E-state index contributed by atoms with van der Waals surface area (Å²) in [4.78, 5) is 66.0. The van der Waals surface area contributed by atoms with Crippen molar-refractivity contribution in [1.29, 1.82) is 0 Å². The maximum Gasteiger partial charge on any atom is 0.326 e. The number of tetrazole rings is 1. The molecule has 0 bridgehead atoms. The number of carbonyl (C=O) groups excluding carboxylic acids is 3. The van der Waals surface area contributed by atoms with Crippen molar-refractivity contribution in [2.75, 3.05) is 31.1 Å². The van der Waals surface area contributed by atoms with Crippen molar-refractivity contribution >= 4 is 46.4 Å². The molecular weight excluding hydrogens is 585 g/mol. The van der Waals surface area contributed by atoms with E-state index in [-0.39, 0.29) is 54.8 Å². The van der Waals surface area contributed by atoms with Crippen LogP contribution >= 0.6 is 11.6 Å². The van der Waals surface area contributed by atoms with Gasteiger partial charge in [-0.15, -0.1) is 5.10 Å². The van der Waals surface area contributed by atoms with Gasteiger partial charge in [0.1, 0.15) is 23.3 Å². The van der Waals surface area contributed by atoms with Gasteiger partial charge < -0.3 is 15.1 Å². The van der Waals surface area contributed by atoms with Crippen LogP contribution in [-0.2, 0) is 24.4 Å². The minimum atomic E-state index is -1.50. The second kappa shape index (κ2) is 11.0. The summed E-state index contributed by atoms with van der Waals surface area (Å²) in [5.74, 6) is -0.594. The van der Waals surface area contributed by atoms with Crippen LogP contribution in [0.5, 0.6) is 0 Å². The van der Waals surface area contributed by atoms with Crippen LogP contribution in [0.1, 0.15) is 28.7 Å². The molecule has 0 atom stereocenters. The van der Waals surface area contributed by atoms with Crippen LogP contribution in [0, 0.1) is 0 Å². The fourth-order valence-corrected chi connectivity index (χ4v) is 5.11. The molecule has 5 heterocycles. The number of H-pyrrole nitrogens is 1. The first-order valence-electron chi connectivity index (χ1n) is 13.3. The largest absolute Gasteiger partial charge is 0.348 e. The van der Waals surface area contributed by atoms with Crippen LogP contribution in [0.3, 0.4) is 0 Å². The number of alkyl halides is 1. The van der Waals surface area contributed by atoms with E-state index >= 15 is 0 Å². The number of carbonyl (C=O) groups is 3. The van der Waals surface area contributed by atoms with Crippen LogP contribution in [0.15, 0.2) is 41.3 Å². The lowest BCUT2D eigenvalue weighted by Gasteiger charge is -2.42. The second-order valence-corrected chi connectivity index (χ2v) is 11.0. The first-order chi connectivity index (χ1) is 20.6. The second-order valence-electron chi connectivity index (χ2n) is 10.6. The highest BCUT2D eigenvalue weighted by Crippen LogP contribution is 2.25. The molecule has 0 spiro atoms. The Hall–Kier alpha value is -4.99. The number of anilines is 1. The monoisotopic (exact) mass is 609 g/mol. The van der Waals surface area contributed by atoms with Gasteiger partial charge in [0.15, 0.2) is 17.3 Å². The fourth-order valence-electron chi connectivity index (χ4n) is 4.98. The molecule has 15 nitrogen and oxygen atoms in total. The third-order valence-corrected chi connectivity index (χ3v) is 7.43. The molecule has 4 amide bonds. The summed E-state index contributed by atoms with van der Waals surface area (Å²) in [6, 6.07) is 7.75. The first kappa shape index (κ1) is 28.1. The van der Waals surface area contributed by atoms with E-state index in [0.717, 1.165) is 10.1 Å². The number of urea groups is 1. The van der Waals surface area contributed by atoms with Gasteiger partial charge in [0.05, 0.1) is 25.8 Å². The summed E-state index contributed by atoms with van der Waals surface area (Å²) in [6.45, 7) is 1.65. The lowest BCUT2D eigenvalue weighted by Crippen LogP contribution is -2.60. The standard InChI is InChI=1S/C26H25ClFN11O4/c1-26(28)13-37(14-26)21(40)12-39-22-18(8-17(24(39)42)23(41)30-9-15-2-4-16(27)5-3-15)31-20(10-29-22)38-7-6-36(25(38)43)11-19-32-34-35-33-19/h2-5,8,10H,6-7,9,11-14H2,1H3,(H,30,41)(H,32,33,34,35). The zero-order valence-electron chi connectivity index (χ0n) is 22.8. The van der Waals surface area contributed by atoms with Crippen molar-refractivity contribution in [1.82, 2.24) is 50.3 Å². The number of pyridine rings is 1. The number of likely N-dealkylation sites (tertiary alicyclic amines) is 1. The molecule has 4 aromatic rings. The quantitative estimate of drug-likeness (QED) is 0.294. The lowest BCUT2D eigenvalue weighted by molar-refractivity contribution is -0.144. The molecule has 2 aliphatic heterocycles. The number of halogens is 2. The van der Waals surface area contributed by atoms with Crippen molar-refractivity contribution in [3.05, 3.63) is 68.9 Å². The molecule has 1 aromatic carbocycles. The number of fused-ring (bicyclic) bond motifs is 1. The average molecular weight is 610 g/mol. The summed E-state index contributed by atoms with van der Waals surface area (Å²) >= 11 is 5.93. The Bertz CT molecular complexity index is 1770. The van der Waals surface area contributed by atoms with Gasteiger partial charge in [0.2, 0.25) is 5.91 Å². The highest BCUT2D eigenvalue weighted by atomic mass is 35.5. The molecule has 0 saturated carbocycles. The van der Waals surface area contributed by atoms with Crippen LogP contribution in [-0.4, -0.2) is 94.7 Å². The number of nitrogens with one attached hydrogen (secondary N) is 2. The van der Waals surface area contributed by atoms with E-state index in [0.29, 0.717) is 23.9 Å². The molecule has 0 aliphatic carbocycles. The molecule has 3 aromatic heterocycles. The molecule has 0 unspecified atom stereocenters. The fraction of sp³-hybridized carbons (Fsp3) is 0.346. The SMILES string of the molecule is CC1(F)CN(C(=O)Cn2c(=O)c(C(=O)NCc3ccc(Cl)cc3)cc3nc(N4CCN(Cc5nnn[nH]5)C4=O)cnc32)C1. The third kappa shape index (κ3) is 5.73. The number of nitrogens with zero attached hydrogens (tertiary/aromatic N) is 9. The van der Waals surface area contributed by atoms with Gasteiger partial charge >= 0.3 is 6.03 Å². The van der Waals surface area contributed by atoms with E-state index in [4.69, 9.17) is 11.6 Å². The number of benzene rings is 1. The van der Waals surface area contributed by atoms with Crippen LogP contribution < -0.4 is 15.8 Å². The number of aromatic amines is 1. The molecule has 2 N–H and O–H groups in total. The van der Waals surface area contributed by atoms with Crippen molar-refractivity contribution in [3.8, 4) is 0 Å². The van der Waals surface area contributed by atoms with E-state index in [1.54, 1.807) is 24.3 Å². The summed E-state index contributed by atoms with van der Waals surface area (Å²) in [5.41, 5.74) is -1.62. The molecule has 2 fully saturated rings. The Morgan fingerprint density at radius 1 is 1.16 bits per heavy atom. The van der Waals surface area contributed by atoms with E-state index in [1.807, 2.05) is 0 Å². The predicted molar refractivity (Wildman–Crippen MR) is 150 cm³/mol. The highest BCUT2D eigenvalue weighted by Gasteiger charge is 2.41. The highest BCUT2D eigenvalue weighted by molar-refractivity contribution is 6.30. The van der Waals surface area contributed by atoms with Crippen molar-refractivity contribution < 1.29 is 18.8 Å². The van der Waals surface area contributed by atoms with Gasteiger partial charge in [0.25, 0.3) is 11.5 Å². The summed E-state index contributed by atoms with van der Waals surface area (Å²) in [5, 5.41) is 16.7. The zero-order valence-corrected chi connectivity index (χ0v) is 23.6. The third-order valence-electron chi connectivity index (χ3n) is 7.18. The predicted octanol–water partition coefficient (Wildman–Crippen LogP) is 0.901. The Balaban J connectivity index is 1.31. The van der Waals surface area contributed by atoms with E-state index in [2.05, 4.69) is 35.9 Å². The molecule has 6 rings (SSSR count). The summed E-state index contributed by atoms with van der Waals surface area (Å²) < 4.78 is 15.1.